The highest BCUT2D eigenvalue weighted by molar-refractivity contribution is 5.76. The SMILES string of the molecule is CN(C)c1ccc(CNC(=O)CCOc2ccc(F)cc2)cc1. The molecule has 0 saturated heterocycles. The molecule has 0 aromatic heterocycles. The number of carbonyl (C=O) groups is 1. The second kappa shape index (κ2) is 8.17. The highest BCUT2D eigenvalue weighted by Gasteiger charge is 2.03. The second-order valence-corrected chi connectivity index (χ2v) is 5.39. The lowest BCUT2D eigenvalue weighted by atomic mass is 10.2. The summed E-state index contributed by atoms with van der Waals surface area (Å²) in [6.07, 6.45) is 0.257. The lowest BCUT2D eigenvalue weighted by molar-refractivity contribution is -0.121. The van der Waals surface area contributed by atoms with E-state index in [2.05, 4.69) is 5.32 Å². The molecule has 0 atom stereocenters. The fourth-order valence-electron chi connectivity index (χ4n) is 1.99. The minimum absolute atomic E-state index is 0.0798. The highest BCUT2D eigenvalue weighted by Crippen LogP contribution is 2.12. The molecule has 2 aromatic carbocycles. The predicted octanol–water partition coefficient (Wildman–Crippen LogP) is 2.98. The van der Waals surface area contributed by atoms with Crippen LogP contribution < -0.4 is 15.0 Å². The van der Waals surface area contributed by atoms with Crippen molar-refractivity contribution >= 4 is 11.6 Å². The standard InChI is InChI=1S/C18H21FN2O2/c1-21(2)16-7-3-14(4-8-16)13-20-18(22)11-12-23-17-9-5-15(19)6-10-17/h3-10H,11-13H2,1-2H3,(H,20,22). The first-order valence-electron chi connectivity index (χ1n) is 7.46. The van der Waals surface area contributed by atoms with Gasteiger partial charge in [0, 0.05) is 26.3 Å². The predicted molar refractivity (Wildman–Crippen MR) is 89.1 cm³/mol. The number of amides is 1. The molecule has 4 nitrogen and oxygen atoms in total. The molecular formula is C18H21FN2O2. The highest BCUT2D eigenvalue weighted by atomic mass is 19.1. The third-order valence-electron chi connectivity index (χ3n) is 3.35. The maximum absolute atomic E-state index is 12.7. The van der Waals surface area contributed by atoms with Crippen LogP contribution in [0, 0.1) is 5.82 Å². The van der Waals surface area contributed by atoms with Crippen LogP contribution in [0.3, 0.4) is 0 Å². The van der Waals surface area contributed by atoms with Gasteiger partial charge in [-0.2, -0.15) is 0 Å². The summed E-state index contributed by atoms with van der Waals surface area (Å²) in [5.74, 6) is 0.164. The van der Waals surface area contributed by atoms with Crippen LogP contribution in [0.15, 0.2) is 48.5 Å². The zero-order valence-corrected chi connectivity index (χ0v) is 13.4. The number of hydrogen-bond donors (Lipinski definition) is 1. The van der Waals surface area contributed by atoms with E-state index in [-0.39, 0.29) is 24.8 Å². The molecule has 0 aliphatic rings. The van der Waals surface area contributed by atoms with E-state index in [0.29, 0.717) is 12.3 Å². The number of anilines is 1. The van der Waals surface area contributed by atoms with E-state index in [4.69, 9.17) is 4.74 Å². The summed E-state index contributed by atoms with van der Waals surface area (Å²) in [5, 5.41) is 2.85. The Bertz CT molecular complexity index is 624. The van der Waals surface area contributed by atoms with E-state index < -0.39 is 0 Å². The largest absolute Gasteiger partial charge is 0.493 e. The third kappa shape index (κ3) is 5.62. The van der Waals surface area contributed by atoms with Gasteiger partial charge in [-0.3, -0.25) is 4.79 Å². The number of benzene rings is 2. The number of hydrogen-bond acceptors (Lipinski definition) is 3. The maximum atomic E-state index is 12.7. The normalized spacial score (nSPS) is 10.2. The van der Waals surface area contributed by atoms with Crippen LogP contribution in [0.4, 0.5) is 10.1 Å². The molecule has 5 heteroatoms. The number of nitrogens with one attached hydrogen (secondary N) is 1. The lowest BCUT2D eigenvalue weighted by Crippen LogP contribution is -2.24. The van der Waals surface area contributed by atoms with Gasteiger partial charge in [0.05, 0.1) is 13.0 Å². The average Bonchev–Trinajstić information content (AvgIpc) is 2.55. The quantitative estimate of drug-likeness (QED) is 0.854. The van der Waals surface area contributed by atoms with Crippen molar-refractivity contribution in [3.63, 3.8) is 0 Å². The molecule has 1 N–H and O–H groups in total. The molecule has 122 valence electrons. The minimum Gasteiger partial charge on any atom is -0.493 e. The minimum atomic E-state index is -0.310. The summed E-state index contributed by atoms with van der Waals surface area (Å²) >= 11 is 0. The lowest BCUT2D eigenvalue weighted by Gasteiger charge is -2.13. The Kier molecular flexibility index (Phi) is 5.97. The smallest absolute Gasteiger partial charge is 0.223 e. The van der Waals surface area contributed by atoms with Crippen molar-refractivity contribution in [3.8, 4) is 5.75 Å². The van der Waals surface area contributed by atoms with Crippen molar-refractivity contribution in [2.45, 2.75) is 13.0 Å². The summed E-state index contributed by atoms with van der Waals surface area (Å²) in [5.41, 5.74) is 2.16. The van der Waals surface area contributed by atoms with Crippen LogP contribution in [0.5, 0.6) is 5.75 Å². The van der Waals surface area contributed by atoms with E-state index in [0.717, 1.165) is 11.3 Å². The molecular weight excluding hydrogens is 295 g/mol. The first kappa shape index (κ1) is 16.8. The van der Waals surface area contributed by atoms with Gasteiger partial charge in [0.1, 0.15) is 11.6 Å². The van der Waals surface area contributed by atoms with Crippen LogP contribution in [-0.4, -0.2) is 26.6 Å². The molecule has 0 radical (unpaired) electrons. The Hall–Kier alpha value is -2.56. The molecule has 23 heavy (non-hydrogen) atoms. The van der Waals surface area contributed by atoms with Crippen molar-refractivity contribution < 1.29 is 13.9 Å². The molecule has 0 saturated carbocycles. The van der Waals surface area contributed by atoms with Crippen molar-refractivity contribution in [3.05, 3.63) is 59.9 Å². The monoisotopic (exact) mass is 316 g/mol. The van der Waals surface area contributed by atoms with E-state index in [9.17, 15) is 9.18 Å². The van der Waals surface area contributed by atoms with Crippen molar-refractivity contribution in [2.24, 2.45) is 0 Å². The number of nitrogens with zero attached hydrogens (tertiary/aromatic N) is 1. The molecule has 2 rings (SSSR count). The maximum Gasteiger partial charge on any atom is 0.223 e. The van der Waals surface area contributed by atoms with Crippen LogP contribution in [-0.2, 0) is 11.3 Å². The zero-order valence-electron chi connectivity index (χ0n) is 13.4. The van der Waals surface area contributed by atoms with Gasteiger partial charge in [0.15, 0.2) is 0 Å². The van der Waals surface area contributed by atoms with Gasteiger partial charge in [-0.25, -0.2) is 4.39 Å². The topological polar surface area (TPSA) is 41.6 Å². The Balaban J connectivity index is 1.69. The first-order valence-corrected chi connectivity index (χ1v) is 7.46. The Morgan fingerprint density at radius 3 is 2.35 bits per heavy atom. The third-order valence-corrected chi connectivity index (χ3v) is 3.35. The summed E-state index contributed by atoms with van der Waals surface area (Å²) in [4.78, 5) is 13.8. The van der Waals surface area contributed by atoms with Crippen molar-refractivity contribution in [1.29, 1.82) is 0 Å². The van der Waals surface area contributed by atoms with E-state index in [1.807, 2.05) is 43.3 Å². The van der Waals surface area contributed by atoms with E-state index in [1.54, 1.807) is 12.1 Å². The van der Waals surface area contributed by atoms with E-state index in [1.165, 1.54) is 12.1 Å². The van der Waals surface area contributed by atoms with E-state index >= 15 is 0 Å². The van der Waals surface area contributed by atoms with Crippen molar-refractivity contribution in [2.75, 3.05) is 25.6 Å². The first-order chi connectivity index (χ1) is 11.0. The summed E-state index contributed by atoms with van der Waals surface area (Å²) in [6.45, 7) is 0.750. The van der Waals surface area contributed by atoms with Crippen LogP contribution in [0.2, 0.25) is 0 Å². The fourth-order valence-corrected chi connectivity index (χ4v) is 1.99. The van der Waals surface area contributed by atoms with Crippen molar-refractivity contribution in [1.82, 2.24) is 5.32 Å². The van der Waals surface area contributed by atoms with Gasteiger partial charge in [-0.1, -0.05) is 12.1 Å². The molecule has 0 spiro atoms. The molecule has 2 aromatic rings. The molecule has 0 heterocycles. The van der Waals surface area contributed by atoms with Gasteiger partial charge in [0.25, 0.3) is 0 Å². The molecule has 0 unspecified atom stereocenters. The van der Waals surface area contributed by atoms with Gasteiger partial charge in [-0.05, 0) is 42.0 Å². The number of ether oxygens (including phenoxy) is 1. The van der Waals surface area contributed by atoms with Crippen LogP contribution >= 0.6 is 0 Å². The van der Waals surface area contributed by atoms with Crippen LogP contribution in [0.25, 0.3) is 0 Å². The summed E-state index contributed by atoms with van der Waals surface area (Å²) < 4.78 is 18.1. The Morgan fingerprint density at radius 2 is 1.74 bits per heavy atom. The molecule has 0 fully saturated rings. The van der Waals surface area contributed by atoms with Gasteiger partial charge in [0.2, 0.25) is 5.91 Å². The molecule has 0 bridgehead atoms. The average molecular weight is 316 g/mol. The Labute approximate surface area is 135 Å². The summed E-state index contributed by atoms with van der Waals surface area (Å²) in [6, 6.07) is 13.7. The molecule has 0 aliphatic carbocycles. The molecule has 0 aliphatic heterocycles. The summed E-state index contributed by atoms with van der Waals surface area (Å²) in [7, 11) is 3.97. The van der Waals surface area contributed by atoms with Gasteiger partial charge in [-0.15, -0.1) is 0 Å². The second-order valence-electron chi connectivity index (χ2n) is 5.39. The van der Waals surface area contributed by atoms with Gasteiger partial charge >= 0.3 is 0 Å². The number of rotatable bonds is 7. The molecule has 1 amide bonds. The van der Waals surface area contributed by atoms with Gasteiger partial charge < -0.3 is 15.0 Å². The number of halogens is 1. The number of carbonyl (C=O) groups excluding carboxylic acids is 1. The fraction of sp³-hybridized carbons (Fsp3) is 0.278. The Morgan fingerprint density at radius 1 is 1.09 bits per heavy atom. The van der Waals surface area contributed by atoms with Crippen LogP contribution in [0.1, 0.15) is 12.0 Å². The zero-order chi connectivity index (χ0) is 16.7.